The molecule has 0 aromatic heterocycles. The van der Waals surface area contributed by atoms with Crippen LogP contribution in [0.1, 0.15) is 27.2 Å². The lowest BCUT2D eigenvalue weighted by Crippen LogP contribution is -2.20. The van der Waals surface area contributed by atoms with Gasteiger partial charge >= 0.3 is 0 Å². The Balaban J connectivity index is 4.57. The van der Waals surface area contributed by atoms with Crippen molar-refractivity contribution in [2.24, 2.45) is 16.9 Å². The maximum absolute atomic E-state index is 13.2. The van der Waals surface area contributed by atoms with Crippen LogP contribution in [0.3, 0.4) is 0 Å². The zero-order valence-electron chi connectivity index (χ0n) is 7.45. The highest BCUT2D eigenvalue weighted by molar-refractivity contribution is 5.12. The molecule has 0 bridgehead atoms. The van der Waals surface area contributed by atoms with Crippen LogP contribution >= 0.6 is 0 Å². The van der Waals surface area contributed by atoms with Crippen LogP contribution in [-0.2, 0) is 0 Å². The molecule has 0 heterocycles. The SMILES string of the molecule is CCC(C)(C)/C(F)=C(\N)CN. The van der Waals surface area contributed by atoms with Crippen LogP contribution < -0.4 is 11.5 Å². The first-order chi connectivity index (χ1) is 4.95. The smallest absolute Gasteiger partial charge is 0.125 e. The summed E-state index contributed by atoms with van der Waals surface area (Å²) in [5.74, 6) is -0.275. The standard InChI is InChI=1S/C8H17FN2/c1-4-8(2,3)7(9)6(11)5-10/h4-5,10-11H2,1-3H3/b7-6+. The molecule has 0 fully saturated rings. The summed E-state index contributed by atoms with van der Waals surface area (Å²) in [6.07, 6.45) is 0.722. The van der Waals surface area contributed by atoms with Gasteiger partial charge in [0.25, 0.3) is 0 Å². The lowest BCUT2D eigenvalue weighted by atomic mass is 9.88. The highest BCUT2D eigenvalue weighted by Crippen LogP contribution is 2.31. The first-order valence-corrected chi connectivity index (χ1v) is 3.80. The first-order valence-electron chi connectivity index (χ1n) is 3.80. The zero-order chi connectivity index (χ0) is 9.07. The van der Waals surface area contributed by atoms with Crippen LogP contribution in [0.15, 0.2) is 11.5 Å². The minimum absolute atomic E-state index is 0.0925. The maximum Gasteiger partial charge on any atom is 0.125 e. The first kappa shape index (κ1) is 10.4. The van der Waals surface area contributed by atoms with E-state index in [1.54, 1.807) is 0 Å². The van der Waals surface area contributed by atoms with Gasteiger partial charge in [0.05, 0.1) is 5.70 Å². The predicted octanol–water partition coefficient (Wildman–Crippen LogP) is 1.52. The predicted molar refractivity (Wildman–Crippen MR) is 45.4 cm³/mol. The third kappa shape index (κ3) is 2.50. The normalized spacial score (nSPS) is 14.6. The topological polar surface area (TPSA) is 52.0 Å². The van der Waals surface area contributed by atoms with Gasteiger partial charge in [0, 0.05) is 12.0 Å². The average Bonchev–Trinajstić information content (AvgIpc) is 2.01. The molecule has 4 N–H and O–H groups in total. The van der Waals surface area contributed by atoms with Crippen LogP contribution in [0.4, 0.5) is 4.39 Å². The Morgan fingerprint density at radius 1 is 1.45 bits per heavy atom. The van der Waals surface area contributed by atoms with E-state index >= 15 is 0 Å². The van der Waals surface area contributed by atoms with Gasteiger partial charge in [0.1, 0.15) is 5.83 Å². The average molecular weight is 160 g/mol. The third-order valence-corrected chi connectivity index (χ3v) is 1.98. The number of allylic oxidation sites excluding steroid dienone is 1. The summed E-state index contributed by atoms with van der Waals surface area (Å²) in [7, 11) is 0. The van der Waals surface area contributed by atoms with Crippen molar-refractivity contribution in [2.45, 2.75) is 27.2 Å². The van der Waals surface area contributed by atoms with E-state index in [1.165, 1.54) is 0 Å². The molecule has 3 heteroatoms. The minimum atomic E-state index is -0.469. The molecule has 0 unspecified atom stereocenters. The van der Waals surface area contributed by atoms with Crippen LogP contribution in [0.5, 0.6) is 0 Å². The lowest BCUT2D eigenvalue weighted by Gasteiger charge is -2.21. The van der Waals surface area contributed by atoms with Crippen molar-refractivity contribution in [2.75, 3.05) is 6.54 Å². The van der Waals surface area contributed by atoms with Gasteiger partial charge in [-0.05, 0) is 6.42 Å². The Kier molecular flexibility index (Phi) is 3.52. The zero-order valence-corrected chi connectivity index (χ0v) is 7.45. The fourth-order valence-corrected chi connectivity index (χ4v) is 0.679. The minimum Gasteiger partial charge on any atom is -0.399 e. The van der Waals surface area contributed by atoms with Gasteiger partial charge in [-0.2, -0.15) is 0 Å². The molecule has 0 saturated carbocycles. The molecule has 11 heavy (non-hydrogen) atoms. The largest absolute Gasteiger partial charge is 0.399 e. The number of hydrogen-bond acceptors (Lipinski definition) is 2. The summed E-state index contributed by atoms with van der Waals surface area (Å²) in [4.78, 5) is 0. The Morgan fingerprint density at radius 2 is 1.91 bits per heavy atom. The van der Waals surface area contributed by atoms with E-state index in [0.29, 0.717) is 0 Å². The van der Waals surface area contributed by atoms with E-state index in [-0.39, 0.29) is 18.1 Å². The van der Waals surface area contributed by atoms with Crippen molar-refractivity contribution in [3.05, 3.63) is 11.5 Å². The molecule has 0 aliphatic heterocycles. The molecule has 0 aromatic carbocycles. The molecule has 0 spiro atoms. The van der Waals surface area contributed by atoms with Crippen LogP contribution in [0, 0.1) is 5.41 Å². The molecule has 0 amide bonds. The molecule has 0 atom stereocenters. The van der Waals surface area contributed by atoms with Crippen molar-refractivity contribution in [1.82, 2.24) is 0 Å². The van der Waals surface area contributed by atoms with Gasteiger partial charge in [0.15, 0.2) is 0 Å². The summed E-state index contributed by atoms with van der Waals surface area (Å²) < 4.78 is 13.2. The van der Waals surface area contributed by atoms with Crippen molar-refractivity contribution in [1.29, 1.82) is 0 Å². The van der Waals surface area contributed by atoms with Crippen molar-refractivity contribution in [3.8, 4) is 0 Å². The van der Waals surface area contributed by atoms with Crippen molar-refractivity contribution in [3.63, 3.8) is 0 Å². The Morgan fingerprint density at radius 3 is 2.18 bits per heavy atom. The van der Waals surface area contributed by atoms with E-state index in [9.17, 15) is 4.39 Å². The lowest BCUT2D eigenvalue weighted by molar-refractivity contribution is 0.330. The van der Waals surface area contributed by atoms with Gasteiger partial charge in [-0.3, -0.25) is 0 Å². The highest BCUT2D eigenvalue weighted by Gasteiger charge is 2.23. The molecular weight excluding hydrogens is 143 g/mol. The Labute approximate surface area is 67.4 Å². The molecule has 0 radical (unpaired) electrons. The second kappa shape index (κ2) is 3.72. The fourth-order valence-electron chi connectivity index (χ4n) is 0.679. The number of hydrogen-bond donors (Lipinski definition) is 2. The second-order valence-electron chi connectivity index (χ2n) is 3.28. The molecule has 0 saturated heterocycles. The maximum atomic E-state index is 13.2. The summed E-state index contributed by atoms with van der Waals surface area (Å²) in [6, 6.07) is 0. The van der Waals surface area contributed by atoms with Crippen molar-refractivity contribution >= 4 is 0 Å². The molecular formula is C8H17FN2. The van der Waals surface area contributed by atoms with Gasteiger partial charge in [-0.1, -0.05) is 20.8 Å². The van der Waals surface area contributed by atoms with Crippen molar-refractivity contribution < 1.29 is 4.39 Å². The van der Waals surface area contributed by atoms with E-state index in [1.807, 2.05) is 20.8 Å². The Hall–Kier alpha value is -0.570. The van der Waals surface area contributed by atoms with E-state index in [4.69, 9.17) is 11.5 Å². The number of halogens is 1. The monoisotopic (exact) mass is 160 g/mol. The number of rotatable bonds is 3. The summed E-state index contributed by atoms with van der Waals surface area (Å²) in [5.41, 5.74) is 10.3. The summed E-state index contributed by atoms with van der Waals surface area (Å²) in [5, 5.41) is 0. The molecule has 0 rings (SSSR count). The second-order valence-corrected chi connectivity index (χ2v) is 3.28. The quantitative estimate of drug-likeness (QED) is 0.657. The van der Waals surface area contributed by atoms with E-state index in [0.717, 1.165) is 6.42 Å². The van der Waals surface area contributed by atoms with Gasteiger partial charge in [-0.15, -0.1) is 0 Å². The molecule has 0 aliphatic carbocycles. The molecule has 0 aromatic rings. The third-order valence-electron chi connectivity index (χ3n) is 1.98. The van der Waals surface area contributed by atoms with E-state index < -0.39 is 5.41 Å². The van der Waals surface area contributed by atoms with Crippen LogP contribution in [-0.4, -0.2) is 6.54 Å². The molecule has 66 valence electrons. The van der Waals surface area contributed by atoms with Gasteiger partial charge in [0.2, 0.25) is 0 Å². The summed E-state index contributed by atoms with van der Waals surface area (Å²) >= 11 is 0. The Bertz CT molecular complexity index is 161. The molecule has 0 aliphatic rings. The number of nitrogens with two attached hydrogens (primary N) is 2. The van der Waals surface area contributed by atoms with Gasteiger partial charge in [-0.25, -0.2) is 4.39 Å². The fraction of sp³-hybridized carbons (Fsp3) is 0.750. The highest BCUT2D eigenvalue weighted by atomic mass is 19.1. The summed E-state index contributed by atoms with van der Waals surface area (Å²) in [6.45, 7) is 5.63. The van der Waals surface area contributed by atoms with Gasteiger partial charge < -0.3 is 11.5 Å². The van der Waals surface area contributed by atoms with Crippen LogP contribution in [0.25, 0.3) is 0 Å². The van der Waals surface area contributed by atoms with E-state index in [2.05, 4.69) is 0 Å². The van der Waals surface area contributed by atoms with Crippen LogP contribution in [0.2, 0.25) is 0 Å². The molecule has 2 nitrogen and oxygen atoms in total.